The van der Waals surface area contributed by atoms with Gasteiger partial charge in [-0.05, 0) is 18.2 Å². The molecule has 1 aromatic carbocycles. The summed E-state index contributed by atoms with van der Waals surface area (Å²) in [5.41, 5.74) is 9.22. The van der Waals surface area contributed by atoms with E-state index in [9.17, 15) is 18.0 Å². The van der Waals surface area contributed by atoms with Crippen LogP contribution in [-0.4, -0.2) is 19.1 Å². The van der Waals surface area contributed by atoms with Gasteiger partial charge in [0.15, 0.2) is 0 Å². The summed E-state index contributed by atoms with van der Waals surface area (Å²) >= 11 is 0. The molecule has 0 bridgehead atoms. The van der Waals surface area contributed by atoms with Crippen molar-refractivity contribution >= 4 is 17.4 Å². The zero-order valence-corrected chi connectivity index (χ0v) is 9.34. The molecule has 0 fully saturated rings. The number of nitrogens with one attached hydrogen (secondary N) is 2. The van der Waals surface area contributed by atoms with Crippen molar-refractivity contribution in [2.75, 3.05) is 24.1 Å². The number of nitrogens with two attached hydrogens (primary N) is 2. The van der Waals surface area contributed by atoms with Crippen molar-refractivity contribution in [2.24, 2.45) is 5.73 Å². The number of hydrogen-bond acceptors (Lipinski definition) is 3. The third-order valence-electron chi connectivity index (χ3n) is 2.09. The Balaban J connectivity index is 2.73. The number of rotatable bonds is 4. The Hall–Kier alpha value is -2.12. The Kier molecular flexibility index (Phi) is 4.24. The average Bonchev–Trinajstić information content (AvgIpc) is 2.24. The van der Waals surface area contributed by atoms with E-state index in [-0.39, 0.29) is 24.5 Å². The van der Waals surface area contributed by atoms with E-state index in [1.807, 2.05) is 0 Å². The fraction of sp³-hybridized carbons (Fsp3) is 0.300. The lowest BCUT2D eigenvalue weighted by Crippen LogP contribution is -2.33. The quantitative estimate of drug-likeness (QED) is 0.487. The van der Waals surface area contributed by atoms with Crippen LogP contribution in [0.4, 0.5) is 29.3 Å². The van der Waals surface area contributed by atoms with Crippen molar-refractivity contribution in [3.63, 3.8) is 0 Å². The highest BCUT2D eigenvalue weighted by molar-refractivity contribution is 5.71. The van der Waals surface area contributed by atoms with Crippen LogP contribution in [0.25, 0.3) is 0 Å². The standard InChI is InChI=1S/C10H13F3N4O/c11-10(12,13)7-5-6(14)1-2-8(7)16-3-4-17-9(15)18/h1-2,5,16H,3-4,14H2,(H3,15,17,18). The number of carbonyl (C=O) groups excluding carboxylic acids is 1. The summed E-state index contributed by atoms with van der Waals surface area (Å²) in [7, 11) is 0. The van der Waals surface area contributed by atoms with Crippen molar-refractivity contribution in [1.82, 2.24) is 5.32 Å². The van der Waals surface area contributed by atoms with Gasteiger partial charge in [0.1, 0.15) is 0 Å². The molecule has 100 valence electrons. The second-order valence-electron chi connectivity index (χ2n) is 3.52. The number of amides is 2. The number of alkyl halides is 3. The SMILES string of the molecule is NC(=O)NCCNc1ccc(N)cc1C(F)(F)F. The zero-order valence-electron chi connectivity index (χ0n) is 9.34. The highest BCUT2D eigenvalue weighted by Crippen LogP contribution is 2.35. The smallest absolute Gasteiger partial charge is 0.399 e. The monoisotopic (exact) mass is 262 g/mol. The Morgan fingerprint density at radius 3 is 2.50 bits per heavy atom. The number of urea groups is 1. The minimum absolute atomic E-state index is 0.0307. The number of nitrogen functional groups attached to an aromatic ring is 1. The van der Waals surface area contributed by atoms with Gasteiger partial charge in [-0.2, -0.15) is 13.2 Å². The molecule has 2 amide bonds. The second kappa shape index (κ2) is 5.48. The molecule has 5 nitrogen and oxygen atoms in total. The highest BCUT2D eigenvalue weighted by atomic mass is 19.4. The predicted octanol–water partition coefficient (Wildman–Crippen LogP) is 1.37. The predicted molar refractivity (Wildman–Crippen MR) is 61.9 cm³/mol. The molecule has 0 saturated carbocycles. The molecular weight excluding hydrogens is 249 g/mol. The molecule has 1 aromatic rings. The van der Waals surface area contributed by atoms with E-state index in [0.29, 0.717) is 0 Å². The average molecular weight is 262 g/mol. The largest absolute Gasteiger partial charge is 0.418 e. The molecule has 18 heavy (non-hydrogen) atoms. The van der Waals surface area contributed by atoms with Crippen LogP contribution in [0, 0.1) is 0 Å². The third-order valence-corrected chi connectivity index (χ3v) is 2.09. The van der Waals surface area contributed by atoms with Gasteiger partial charge in [-0.3, -0.25) is 0 Å². The summed E-state index contributed by atoms with van der Waals surface area (Å²) < 4.78 is 38.0. The van der Waals surface area contributed by atoms with Gasteiger partial charge in [0, 0.05) is 24.5 Å². The van der Waals surface area contributed by atoms with Crippen LogP contribution in [0.5, 0.6) is 0 Å². The fourth-order valence-corrected chi connectivity index (χ4v) is 1.33. The molecule has 0 radical (unpaired) electrons. The number of hydrogen-bond donors (Lipinski definition) is 4. The number of anilines is 2. The van der Waals surface area contributed by atoms with Gasteiger partial charge in [0.25, 0.3) is 0 Å². The molecule has 8 heteroatoms. The van der Waals surface area contributed by atoms with Gasteiger partial charge in [0.2, 0.25) is 0 Å². The number of carbonyl (C=O) groups is 1. The maximum absolute atomic E-state index is 12.7. The molecule has 0 saturated heterocycles. The van der Waals surface area contributed by atoms with Gasteiger partial charge in [-0.25, -0.2) is 4.79 Å². The maximum atomic E-state index is 12.7. The molecule has 1 rings (SSSR count). The molecule has 6 N–H and O–H groups in total. The van der Waals surface area contributed by atoms with Crippen LogP contribution in [0.15, 0.2) is 18.2 Å². The fourth-order valence-electron chi connectivity index (χ4n) is 1.33. The van der Waals surface area contributed by atoms with Crippen LogP contribution >= 0.6 is 0 Å². The molecule has 0 aliphatic rings. The van der Waals surface area contributed by atoms with Crippen molar-refractivity contribution < 1.29 is 18.0 Å². The first-order chi connectivity index (χ1) is 8.30. The van der Waals surface area contributed by atoms with Crippen molar-refractivity contribution in [3.05, 3.63) is 23.8 Å². The van der Waals surface area contributed by atoms with Crippen LogP contribution in [0.2, 0.25) is 0 Å². The first-order valence-corrected chi connectivity index (χ1v) is 5.04. The number of benzene rings is 1. The number of primary amides is 1. The molecule has 0 unspecified atom stereocenters. The van der Waals surface area contributed by atoms with E-state index < -0.39 is 17.8 Å². The summed E-state index contributed by atoms with van der Waals surface area (Å²) in [6, 6.07) is 2.72. The van der Waals surface area contributed by atoms with Crippen LogP contribution in [0.3, 0.4) is 0 Å². The van der Waals surface area contributed by atoms with Crippen LogP contribution in [-0.2, 0) is 6.18 Å². The minimum Gasteiger partial charge on any atom is -0.399 e. The third kappa shape index (κ3) is 4.04. The van der Waals surface area contributed by atoms with Gasteiger partial charge in [-0.1, -0.05) is 0 Å². The van der Waals surface area contributed by atoms with Crippen molar-refractivity contribution in [3.8, 4) is 0 Å². The topological polar surface area (TPSA) is 93.2 Å². The Bertz CT molecular complexity index is 434. The van der Waals surface area contributed by atoms with Gasteiger partial charge < -0.3 is 22.1 Å². The van der Waals surface area contributed by atoms with E-state index in [2.05, 4.69) is 10.6 Å². The minimum atomic E-state index is -4.49. The second-order valence-corrected chi connectivity index (χ2v) is 3.52. The molecule has 0 spiro atoms. The molecular formula is C10H13F3N4O. The summed E-state index contributed by atoms with van der Waals surface area (Å²) in [4.78, 5) is 10.4. The lowest BCUT2D eigenvalue weighted by molar-refractivity contribution is -0.136. The molecule has 0 aliphatic carbocycles. The van der Waals surface area contributed by atoms with Crippen LogP contribution in [0.1, 0.15) is 5.56 Å². The highest BCUT2D eigenvalue weighted by Gasteiger charge is 2.33. The molecule has 0 heterocycles. The van der Waals surface area contributed by atoms with E-state index in [4.69, 9.17) is 11.5 Å². The lowest BCUT2D eigenvalue weighted by atomic mass is 10.1. The maximum Gasteiger partial charge on any atom is 0.418 e. The van der Waals surface area contributed by atoms with Gasteiger partial charge in [0.05, 0.1) is 5.56 Å². The normalized spacial score (nSPS) is 11.1. The van der Waals surface area contributed by atoms with Gasteiger partial charge >= 0.3 is 12.2 Å². The summed E-state index contributed by atoms with van der Waals surface area (Å²) in [5.74, 6) is 0. The molecule has 0 atom stereocenters. The molecule has 0 aliphatic heterocycles. The molecule has 0 aromatic heterocycles. The van der Waals surface area contributed by atoms with E-state index in [1.54, 1.807) is 0 Å². The van der Waals surface area contributed by atoms with E-state index >= 15 is 0 Å². The first kappa shape index (κ1) is 13.9. The summed E-state index contributed by atoms with van der Waals surface area (Å²) in [5, 5.41) is 4.81. The lowest BCUT2D eigenvalue weighted by Gasteiger charge is -2.15. The van der Waals surface area contributed by atoms with Gasteiger partial charge in [-0.15, -0.1) is 0 Å². The Morgan fingerprint density at radius 2 is 1.94 bits per heavy atom. The van der Waals surface area contributed by atoms with E-state index in [1.165, 1.54) is 12.1 Å². The van der Waals surface area contributed by atoms with Crippen LogP contribution < -0.4 is 22.1 Å². The Morgan fingerprint density at radius 1 is 1.28 bits per heavy atom. The number of halogens is 3. The summed E-state index contributed by atoms with van der Waals surface area (Å²) in [6.07, 6.45) is -4.49. The zero-order chi connectivity index (χ0) is 13.8. The summed E-state index contributed by atoms with van der Waals surface area (Å²) in [6.45, 7) is 0.243. The Labute approximate surface area is 101 Å². The van der Waals surface area contributed by atoms with E-state index in [0.717, 1.165) is 6.07 Å². The first-order valence-electron chi connectivity index (χ1n) is 5.04. The van der Waals surface area contributed by atoms with Crippen molar-refractivity contribution in [1.29, 1.82) is 0 Å². The van der Waals surface area contributed by atoms with Crippen molar-refractivity contribution in [2.45, 2.75) is 6.18 Å².